The van der Waals surface area contributed by atoms with Gasteiger partial charge in [0.1, 0.15) is 16.7 Å². The molecule has 3 heterocycles. The standard InChI is InChI=1S/C48H68Br2N4S4/c1-3-5-7-9-11-13-15-17-19-21-23-25-27-29-35-31-41(56-47(35)49)39-33-38-37(44(52-55)43(39)51)34-40(46-45(38)53-58-54-46)42-32-36(48(50)57-42)30-28-26-24-22-20-18-16-14-12-10-8-6-4-2/h31-34H,3-30,51H2,1-2H3. The van der Waals surface area contributed by atoms with Crippen LogP contribution in [-0.4, -0.2) is 8.75 Å². The summed E-state index contributed by atoms with van der Waals surface area (Å²) >= 11 is 18.0. The molecule has 0 aliphatic carbocycles. The van der Waals surface area contributed by atoms with E-state index in [1.165, 1.54) is 202 Å². The van der Waals surface area contributed by atoms with Crippen LogP contribution in [0.15, 0.2) is 36.2 Å². The predicted molar refractivity (Wildman–Crippen MR) is 270 cm³/mol. The molecule has 0 unspecified atom stereocenters. The molecule has 5 aromatic rings. The van der Waals surface area contributed by atoms with Gasteiger partial charge in [0.25, 0.3) is 0 Å². The maximum atomic E-state index is 6.95. The van der Waals surface area contributed by atoms with Gasteiger partial charge < -0.3 is 5.73 Å². The first-order valence-electron chi connectivity index (χ1n) is 22.9. The molecule has 0 saturated heterocycles. The van der Waals surface area contributed by atoms with Crippen LogP contribution >= 0.6 is 66.3 Å². The molecule has 0 amide bonds. The lowest BCUT2D eigenvalue weighted by atomic mass is 9.97. The van der Waals surface area contributed by atoms with Gasteiger partial charge >= 0.3 is 0 Å². The molecule has 58 heavy (non-hydrogen) atoms. The molecular weight excluding hydrogens is 921 g/mol. The summed E-state index contributed by atoms with van der Waals surface area (Å²) in [5.74, 6) is 0. The van der Waals surface area contributed by atoms with Crippen molar-refractivity contribution in [1.82, 2.24) is 8.75 Å². The number of benzene rings is 2. The van der Waals surface area contributed by atoms with Crippen LogP contribution in [0.2, 0.25) is 0 Å². The fourth-order valence-electron chi connectivity index (χ4n) is 8.37. The SMILES string of the molecule is CCCCCCCCCCCCCCCc1cc(-c2cc3c(cc(-c4cc(CCCCCCCCCCCCCCC)c(Br)s4)c4nsnc43)c(N=S)c2N)sc1Br. The normalized spacial score (nSPS) is 11.8. The summed E-state index contributed by atoms with van der Waals surface area (Å²) < 4.78 is 16.5. The summed E-state index contributed by atoms with van der Waals surface area (Å²) in [6.07, 6.45) is 37.8. The van der Waals surface area contributed by atoms with E-state index >= 15 is 0 Å². The Hall–Kier alpha value is -1.30. The first-order valence-corrected chi connectivity index (χ1v) is 27.2. The Morgan fingerprint density at radius 2 is 0.897 bits per heavy atom. The first kappa shape index (κ1) is 47.7. The Morgan fingerprint density at radius 3 is 1.33 bits per heavy atom. The molecule has 0 saturated carbocycles. The molecule has 0 fully saturated rings. The number of unbranched alkanes of at least 4 members (excludes halogenated alkanes) is 24. The zero-order valence-corrected chi connectivity index (χ0v) is 41.9. The summed E-state index contributed by atoms with van der Waals surface area (Å²) in [6.45, 7) is 4.58. The highest BCUT2D eigenvalue weighted by atomic mass is 79.9. The maximum absolute atomic E-state index is 6.95. The minimum absolute atomic E-state index is 0.632. The van der Waals surface area contributed by atoms with Crippen molar-refractivity contribution in [2.24, 2.45) is 4.36 Å². The van der Waals surface area contributed by atoms with Crippen LogP contribution in [0.3, 0.4) is 0 Å². The van der Waals surface area contributed by atoms with E-state index in [-0.39, 0.29) is 0 Å². The van der Waals surface area contributed by atoms with E-state index in [0.717, 1.165) is 50.7 Å². The summed E-state index contributed by atoms with van der Waals surface area (Å²) in [6, 6.07) is 9.05. The van der Waals surface area contributed by atoms with Crippen LogP contribution in [0, 0.1) is 0 Å². The summed E-state index contributed by atoms with van der Waals surface area (Å²) in [7, 11) is 0. The minimum Gasteiger partial charge on any atom is -0.396 e. The summed E-state index contributed by atoms with van der Waals surface area (Å²) in [4.78, 5) is 2.32. The molecule has 5 rings (SSSR count). The second-order valence-electron chi connectivity index (χ2n) is 16.6. The number of thiophene rings is 2. The van der Waals surface area contributed by atoms with E-state index in [9.17, 15) is 0 Å². The van der Waals surface area contributed by atoms with Gasteiger partial charge in [0, 0.05) is 44.1 Å². The van der Waals surface area contributed by atoms with E-state index in [1.54, 1.807) is 22.7 Å². The van der Waals surface area contributed by atoms with Gasteiger partial charge in [0.2, 0.25) is 0 Å². The number of rotatable bonds is 31. The van der Waals surface area contributed by atoms with Gasteiger partial charge in [0.05, 0.1) is 25.0 Å². The second-order valence-corrected chi connectivity index (χ2v) is 22.0. The lowest BCUT2D eigenvalue weighted by Crippen LogP contribution is -1.93. The quantitative estimate of drug-likeness (QED) is 0.0355. The Kier molecular flexibility index (Phi) is 22.1. The van der Waals surface area contributed by atoms with Crippen molar-refractivity contribution in [3.05, 3.63) is 43.0 Å². The number of aryl methyl sites for hydroxylation is 2. The van der Waals surface area contributed by atoms with Crippen LogP contribution in [0.1, 0.15) is 192 Å². The fourth-order valence-corrected chi connectivity index (χ4v) is 12.7. The van der Waals surface area contributed by atoms with E-state index in [0.29, 0.717) is 11.4 Å². The highest BCUT2D eigenvalue weighted by Crippen LogP contribution is 2.48. The number of aromatic nitrogens is 2. The number of nitrogen functional groups attached to an aromatic ring is 1. The van der Waals surface area contributed by atoms with Gasteiger partial charge in [0.15, 0.2) is 0 Å². The Morgan fingerprint density at radius 1 is 0.517 bits per heavy atom. The monoisotopic (exact) mass is 986 g/mol. The van der Waals surface area contributed by atoms with Crippen LogP contribution in [0.4, 0.5) is 11.4 Å². The Balaban J connectivity index is 1.15. The molecule has 0 aliphatic rings. The largest absolute Gasteiger partial charge is 0.396 e. The lowest BCUT2D eigenvalue weighted by Gasteiger charge is -2.12. The third kappa shape index (κ3) is 14.4. The lowest BCUT2D eigenvalue weighted by molar-refractivity contribution is 0.539. The number of hydrogen-bond donors (Lipinski definition) is 1. The predicted octanol–water partition coefficient (Wildman–Crippen LogP) is 19.0. The van der Waals surface area contributed by atoms with Gasteiger partial charge in [-0.05, 0) is 92.9 Å². The molecule has 0 aliphatic heterocycles. The van der Waals surface area contributed by atoms with E-state index in [2.05, 4.69) is 74.3 Å². The van der Waals surface area contributed by atoms with Crippen LogP contribution in [-0.2, 0) is 25.3 Å². The molecule has 0 spiro atoms. The molecular formula is C48H68Br2N4S4. The maximum Gasteiger partial charge on any atom is 0.114 e. The number of nitrogens with zero attached hydrogens (tertiary/aromatic N) is 3. The Labute approximate surface area is 385 Å². The molecule has 0 atom stereocenters. The summed E-state index contributed by atoms with van der Waals surface area (Å²) in [5.41, 5.74) is 14.8. The zero-order valence-electron chi connectivity index (χ0n) is 35.4. The Bertz CT molecular complexity index is 1960. The number of hydrogen-bond acceptors (Lipinski definition) is 8. The van der Waals surface area contributed by atoms with Crippen molar-refractivity contribution >= 4 is 112 Å². The number of fused-ring (bicyclic) bond motifs is 3. The molecule has 318 valence electrons. The highest BCUT2D eigenvalue weighted by Gasteiger charge is 2.22. The van der Waals surface area contributed by atoms with Gasteiger partial charge in [-0.1, -0.05) is 168 Å². The number of anilines is 1. The molecule has 2 N–H and O–H groups in total. The zero-order chi connectivity index (χ0) is 41.0. The summed E-state index contributed by atoms with van der Waals surface area (Å²) in [5, 5.41) is 1.95. The van der Waals surface area contributed by atoms with Crippen molar-refractivity contribution < 1.29 is 0 Å². The first-order chi connectivity index (χ1) is 28.5. The topological polar surface area (TPSA) is 64.2 Å². The van der Waals surface area contributed by atoms with Crippen molar-refractivity contribution in [3.63, 3.8) is 0 Å². The van der Waals surface area contributed by atoms with Gasteiger partial charge in [-0.15, -0.1) is 22.7 Å². The van der Waals surface area contributed by atoms with E-state index in [4.69, 9.17) is 26.9 Å². The third-order valence-corrected chi connectivity index (χ3v) is 16.6. The number of nitrogens with two attached hydrogens (primary N) is 1. The van der Waals surface area contributed by atoms with Gasteiger partial charge in [-0.3, -0.25) is 0 Å². The van der Waals surface area contributed by atoms with Crippen molar-refractivity contribution in [1.29, 1.82) is 0 Å². The smallest absolute Gasteiger partial charge is 0.114 e. The highest BCUT2D eigenvalue weighted by molar-refractivity contribution is 9.11. The van der Waals surface area contributed by atoms with Crippen molar-refractivity contribution in [2.45, 2.75) is 194 Å². The molecule has 0 bridgehead atoms. The van der Waals surface area contributed by atoms with Crippen LogP contribution in [0.25, 0.3) is 42.7 Å². The van der Waals surface area contributed by atoms with Crippen molar-refractivity contribution in [3.8, 4) is 20.9 Å². The molecule has 3 aromatic heterocycles. The fraction of sp³-hybridized carbons (Fsp3) is 0.625. The van der Waals surface area contributed by atoms with Gasteiger partial charge in [-0.25, -0.2) is 0 Å². The molecule has 2 aromatic carbocycles. The minimum atomic E-state index is 0.632. The third-order valence-electron chi connectivity index (χ3n) is 11.9. The molecule has 0 radical (unpaired) electrons. The van der Waals surface area contributed by atoms with Crippen LogP contribution in [0.5, 0.6) is 0 Å². The number of halogens is 2. The molecule has 4 nitrogen and oxygen atoms in total. The average Bonchev–Trinajstić information content (AvgIpc) is 3.96. The van der Waals surface area contributed by atoms with Crippen molar-refractivity contribution in [2.75, 3.05) is 5.73 Å². The van der Waals surface area contributed by atoms with E-state index in [1.807, 2.05) is 0 Å². The van der Waals surface area contributed by atoms with E-state index < -0.39 is 0 Å². The van der Waals surface area contributed by atoms with Gasteiger partial charge in [-0.2, -0.15) is 13.1 Å². The molecule has 10 heteroatoms. The second kappa shape index (κ2) is 26.9. The average molecular weight is 989 g/mol. The van der Waals surface area contributed by atoms with Crippen LogP contribution < -0.4 is 5.73 Å².